The zero-order valence-corrected chi connectivity index (χ0v) is 7.54. The van der Waals surface area contributed by atoms with E-state index in [1.807, 2.05) is 19.2 Å². The van der Waals surface area contributed by atoms with Crippen molar-refractivity contribution in [1.29, 1.82) is 0 Å². The highest BCUT2D eigenvalue weighted by molar-refractivity contribution is 5.65. The van der Waals surface area contributed by atoms with Crippen LogP contribution in [0.25, 0.3) is 6.08 Å². The standard InChI is InChI=1S/C9H15N3/c1-3-12-6-7(2)9(11)8(12)4-5-10/h4-6H,3,10-11H2,1-2H3/b5-4-. The summed E-state index contributed by atoms with van der Waals surface area (Å²) in [6.45, 7) is 4.99. The first-order valence-electron chi connectivity index (χ1n) is 4.04. The van der Waals surface area contributed by atoms with Crippen molar-refractivity contribution in [2.24, 2.45) is 5.73 Å². The van der Waals surface area contributed by atoms with E-state index in [0.717, 1.165) is 23.5 Å². The minimum atomic E-state index is 0.818. The Morgan fingerprint density at radius 1 is 1.58 bits per heavy atom. The van der Waals surface area contributed by atoms with Gasteiger partial charge in [0.1, 0.15) is 0 Å². The van der Waals surface area contributed by atoms with Crippen LogP contribution in [0.15, 0.2) is 12.4 Å². The summed E-state index contributed by atoms with van der Waals surface area (Å²) in [6.07, 6.45) is 5.37. The number of rotatable bonds is 2. The van der Waals surface area contributed by atoms with Crippen LogP contribution in [0.2, 0.25) is 0 Å². The van der Waals surface area contributed by atoms with Gasteiger partial charge in [0.05, 0.1) is 11.4 Å². The summed E-state index contributed by atoms with van der Waals surface area (Å²) >= 11 is 0. The topological polar surface area (TPSA) is 57.0 Å². The van der Waals surface area contributed by atoms with Gasteiger partial charge in [-0.25, -0.2) is 0 Å². The highest BCUT2D eigenvalue weighted by Crippen LogP contribution is 2.20. The van der Waals surface area contributed by atoms with Crippen LogP contribution in [0, 0.1) is 6.92 Å². The van der Waals surface area contributed by atoms with Gasteiger partial charge in [0.2, 0.25) is 0 Å². The lowest BCUT2D eigenvalue weighted by Crippen LogP contribution is -1.97. The predicted octanol–water partition coefficient (Wildman–Crippen LogP) is 1.33. The van der Waals surface area contributed by atoms with E-state index in [2.05, 4.69) is 11.5 Å². The zero-order valence-electron chi connectivity index (χ0n) is 7.54. The maximum atomic E-state index is 5.84. The first-order chi connectivity index (χ1) is 5.70. The fourth-order valence-electron chi connectivity index (χ4n) is 1.27. The third-order valence-electron chi connectivity index (χ3n) is 1.95. The van der Waals surface area contributed by atoms with Gasteiger partial charge in [-0.05, 0) is 31.7 Å². The summed E-state index contributed by atoms with van der Waals surface area (Å²) in [6, 6.07) is 0. The molecule has 0 amide bonds. The molecule has 12 heavy (non-hydrogen) atoms. The van der Waals surface area contributed by atoms with Crippen LogP contribution in [-0.2, 0) is 6.54 Å². The molecule has 4 N–H and O–H groups in total. The van der Waals surface area contributed by atoms with Crippen molar-refractivity contribution in [3.63, 3.8) is 0 Å². The molecule has 1 heterocycles. The Hall–Kier alpha value is -1.38. The number of nitrogen functional groups attached to an aromatic ring is 1. The van der Waals surface area contributed by atoms with Gasteiger partial charge < -0.3 is 16.0 Å². The lowest BCUT2D eigenvalue weighted by molar-refractivity contribution is 0.760. The fourth-order valence-corrected chi connectivity index (χ4v) is 1.27. The van der Waals surface area contributed by atoms with Crippen LogP contribution in [-0.4, -0.2) is 4.57 Å². The molecule has 0 fully saturated rings. The molecule has 0 aromatic carbocycles. The monoisotopic (exact) mass is 165 g/mol. The number of hydrogen-bond donors (Lipinski definition) is 2. The molecule has 0 atom stereocenters. The van der Waals surface area contributed by atoms with Crippen molar-refractivity contribution in [3.05, 3.63) is 23.7 Å². The molecule has 0 bridgehead atoms. The number of hydrogen-bond acceptors (Lipinski definition) is 2. The number of aryl methyl sites for hydroxylation is 2. The van der Waals surface area contributed by atoms with Crippen LogP contribution >= 0.6 is 0 Å². The predicted molar refractivity (Wildman–Crippen MR) is 52.5 cm³/mol. The molecule has 0 aliphatic carbocycles. The second kappa shape index (κ2) is 3.34. The van der Waals surface area contributed by atoms with Crippen molar-refractivity contribution in [1.82, 2.24) is 4.57 Å². The first kappa shape index (κ1) is 8.71. The Morgan fingerprint density at radius 3 is 2.75 bits per heavy atom. The Morgan fingerprint density at radius 2 is 2.25 bits per heavy atom. The zero-order chi connectivity index (χ0) is 9.14. The van der Waals surface area contributed by atoms with Gasteiger partial charge in [-0.3, -0.25) is 0 Å². The third kappa shape index (κ3) is 1.30. The maximum absolute atomic E-state index is 5.84. The minimum Gasteiger partial charge on any atom is -0.405 e. The van der Waals surface area contributed by atoms with Crippen LogP contribution in [0.3, 0.4) is 0 Å². The lowest BCUT2D eigenvalue weighted by Gasteiger charge is -2.01. The van der Waals surface area contributed by atoms with E-state index in [-0.39, 0.29) is 0 Å². The molecule has 1 aromatic heterocycles. The fraction of sp³-hybridized carbons (Fsp3) is 0.333. The smallest absolute Gasteiger partial charge is 0.0657 e. The quantitative estimate of drug-likeness (QED) is 0.694. The molecule has 0 saturated heterocycles. The van der Waals surface area contributed by atoms with Crippen molar-refractivity contribution >= 4 is 11.8 Å². The van der Waals surface area contributed by atoms with E-state index >= 15 is 0 Å². The van der Waals surface area contributed by atoms with Crippen molar-refractivity contribution in [2.75, 3.05) is 5.73 Å². The van der Waals surface area contributed by atoms with Gasteiger partial charge in [-0.2, -0.15) is 0 Å². The second-order valence-corrected chi connectivity index (χ2v) is 2.76. The molecule has 3 heteroatoms. The van der Waals surface area contributed by atoms with E-state index in [1.165, 1.54) is 6.20 Å². The average Bonchev–Trinajstić information content (AvgIpc) is 2.33. The Kier molecular flexibility index (Phi) is 2.43. The molecule has 66 valence electrons. The summed E-state index contributed by atoms with van der Waals surface area (Å²) in [5, 5.41) is 0. The molecule has 1 aromatic rings. The molecule has 0 unspecified atom stereocenters. The summed E-state index contributed by atoms with van der Waals surface area (Å²) in [5.74, 6) is 0. The molecule has 0 aliphatic heterocycles. The summed E-state index contributed by atoms with van der Waals surface area (Å²) < 4.78 is 2.08. The second-order valence-electron chi connectivity index (χ2n) is 2.76. The normalized spacial score (nSPS) is 11.2. The molecule has 0 spiro atoms. The highest BCUT2D eigenvalue weighted by Gasteiger charge is 2.05. The van der Waals surface area contributed by atoms with Gasteiger partial charge in [0.15, 0.2) is 0 Å². The average molecular weight is 165 g/mol. The van der Waals surface area contributed by atoms with E-state index in [1.54, 1.807) is 0 Å². The Balaban J connectivity index is 3.21. The molecular weight excluding hydrogens is 150 g/mol. The molecule has 0 radical (unpaired) electrons. The van der Waals surface area contributed by atoms with Gasteiger partial charge >= 0.3 is 0 Å². The van der Waals surface area contributed by atoms with Gasteiger partial charge in [-0.15, -0.1) is 0 Å². The molecular formula is C9H15N3. The first-order valence-corrected chi connectivity index (χ1v) is 4.04. The van der Waals surface area contributed by atoms with E-state index in [4.69, 9.17) is 11.5 Å². The molecule has 3 nitrogen and oxygen atoms in total. The number of aromatic nitrogens is 1. The number of nitrogens with zero attached hydrogens (tertiary/aromatic N) is 1. The van der Waals surface area contributed by atoms with Crippen molar-refractivity contribution in [3.8, 4) is 0 Å². The van der Waals surface area contributed by atoms with Gasteiger partial charge in [0.25, 0.3) is 0 Å². The van der Waals surface area contributed by atoms with Crippen molar-refractivity contribution < 1.29 is 0 Å². The molecule has 0 aliphatic rings. The Bertz CT molecular complexity index is 297. The summed E-state index contributed by atoms with van der Waals surface area (Å²) in [7, 11) is 0. The van der Waals surface area contributed by atoms with Crippen LogP contribution < -0.4 is 11.5 Å². The number of anilines is 1. The molecule has 1 rings (SSSR count). The molecule has 0 saturated carbocycles. The highest BCUT2D eigenvalue weighted by atomic mass is 15.0. The number of nitrogens with two attached hydrogens (primary N) is 2. The largest absolute Gasteiger partial charge is 0.405 e. The SMILES string of the molecule is CCn1cc(C)c(N)c1/C=C\N. The van der Waals surface area contributed by atoms with E-state index in [0.29, 0.717) is 0 Å². The van der Waals surface area contributed by atoms with E-state index < -0.39 is 0 Å². The van der Waals surface area contributed by atoms with E-state index in [9.17, 15) is 0 Å². The van der Waals surface area contributed by atoms with Crippen LogP contribution in [0.5, 0.6) is 0 Å². The lowest BCUT2D eigenvalue weighted by atomic mass is 10.3. The maximum Gasteiger partial charge on any atom is 0.0657 e. The minimum absolute atomic E-state index is 0.818. The van der Waals surface area contributed by atoms with Gasteiger partial charge in [0, 0.05) is 12.7 Å². The summed E-state index contributed by atoms with van der Waals surface area (Å²) in [4.78, 5) is 0. The van der Waals surface area contributed by atoms with Crippen LogP contribution in [0.1, 0.15) is 18.2 Å². The van der Waals surface area contributed by atoms with Gasteiger partial charge in [-0.1, -0.05) is 0 Å². The third-order valence-corrected chi connectivity index (χ3v) is 1.95. The Labute approximate surface area is 72.7 Å². The summed E-state index contributed by atoms with van der Waals surface area (Å²) in [5.41, 5.74) is 14.1. The van der Waals surface area contributed by atoms with Crippen molar-refractivity contribution in [2.45, 2.75) is 20.4 Å². The van der Waals surface area contributed by atoms with Crippen LogP contribution in [0.4, 0.5) is 5.69 Å².